The molecular formula is C19H17FN2O4. The number of hydrogen-bond acceptors (Lipinski definition) is 4. The standard InChI is InChI=1S/C19H17FN2O4/c1-11-3-5-13-14(9-11)19(25)22(18(13)24)8-7-17(23)21-15-6-4-12(20)10-16(15)26-2/h3-6,9-10H,7-8H2,1-2H3,(H,21,23). The minimum atomic E-state index is -0.485. The molecule has 0 saturated carbocycles. The molecule has 0 radical (unpaired) electrons. The van der Waals surface area contributed by atoms with Gasteiger partial charge >= 0.3 is 0 Å². The number of halogens is 1. The molecule has 2 aromatic carbocycles. The predicted molar refractivity (Wildman–Crippen MR) is 92.7 cm³/mol. The zero-order chi connectivity index (χ0) is 18.8. The number of amides is 3. The average Bonchev–Trinajstić information content (AvgIpc) is 2.85. The maximum atomic E-state index is 13.2. The van der Waals surface area contributed by atoms with Gasteiger partial charge in [0, 0.05) is 19.0 Å². The zero-order valence-electron chi connectivity index (χ0n) is 14.3. The van der Waals surface area contributed by atoms with Crippen LogP contribution in [0.3, 0.4) is 0 Å². The van der Waals surface area contributed by atoms with Crippen molar-refractivity contribution < 1.29 is 23.5 Å². The lowest BCUT2D eigenvalue weighted by Gasteiger charge is -2.14. The van der Waals surface area contributed by atoms with Crippen molar-refractivity contribution in [3.05, 3.63) is 58.9 Å². The molecule has 7 heteroatoms. The zero-order valence-corrected chi connectivity index (χ0v) is 14.3. The summed E-state index contributed by atoms with van der Waals surface area (Å²) >= 11 is 0. The van der Waals surface area contributed by atoms with Gasteiger partial charge in [0.05, 0.1) is 23.9 Å². The number of ether oxygens (including phenoxy) is 1. The van der Waals surface area contributed by atoms with Crippen molar-refractivity contribution in [2.45, 2.75) is 13.3 Å². The number of anilines is 1. The van der Waals surface area contributed by atoms with E-state index in [1.807, 2.05) is 6.92 Å². The summed E-state index contributed by atoms with van der Waals surface area (Å²) < 4.78 is 18.2. The van der Waals surface area contributed by atoms with Gasteiger partial charge in [0.15, 0.2) is 0 Å². The first-order chi connectivity index (χ1) is 12.4. The number of carbonyl (C=O) groups is 3. The van der Waals surface area contributed by atoms with E-state index < -0.39 is 23.5 Å². The topological polar surface area (TPSA) is 75.7 Å². The first-order valence-corrected chi connectivity index (χ1v) is 8.01. The van der Waals surface area contributed by atoms with Crippen LogP contribution in [0.5, 0.6) is 5.75 Å². The van der Waals surface area contributed by atoms with Crippen LogP contribution in [0.15, 0.2) is 36.4 Å². The molecule has 0 fully saturated rings. The number of rotatable bonds is 5. The van der Waals surface area contributed by atoms with Crippen LogP contribution in [-0.4, -0.2) is 36.3 Å². The normalized spacial score (nSPS) is 13.0. The smallest absolute Gasteiger partial charge is 0.261 e. The highest BCUT2D eigenvalue weighted by Gasteiger charge is 2.35. The summed E-state index contributed by atoms with van der Waals surface area (Å²) in [4.78, 5) is 37.9. The summed E-state index contributed by atoms with van der Waals surface area (Å²) in [6, 6.07) is 8.79. The van der Waals surface area contributed by atoms with E-state index in [1.165, 1.54) is 19.2 Å². The number of hydrogen-bond donors (Lipinski definition) is 1. The monoisotopic (exact) mass is 356 g/mol. The van der Waals surface area contributed by atoms with E-state index in [0.717, 1.165) is 16.5 Å². The van der Waals surface area contributed by atoms with Gasteiger partial charge in [-0.05, 0) is 31.2 Å². The van der Waals surface area contributed by atoms with Gasteiger partial charge in [-0.1, -0.05) is 11.6 Å². The van der Waals surface area contributed by atoms with E-state index in [1.54, 1.807) is 18.2 Å². The number of methoxy groups -OCH3 is 1. The molecule has 1 aliphatic rings. The molecule has 0 aliphatic carbocycles. The first-order valence-electron chi connectivity index (χ1n) is 8.01. The Hall–Kier alpha value is -3.22. The van der Waals surface area contributed by atoms with E-state index in [9.17, 15) is 18.8 Å². The summed E-state index contributed by atoms with van der Waals surface area (Å²) in [5.41, 5.74) is 1.90. The van der Waals surface area contributed by atoms with Crippen LogP contribution in [0.1, 0.15) is 32.7 Å². The average molecular weight is 356 g/mol. The number of benzene rings is 2. The molecule has 3 amide bonds. The third kappa shape index (κ3) is 3.28. The molecule has 3 rings (SSSR count). The Bertz CT molecular complexity index is 910. The van der Waals surface area contributed by atoms with E-state index >= 15 is 0 Å². The Labute approximate surface area is 149 Å². The number of fused-ring (bicyclic) bond motifs is 1. The Morgan fingerprint density at radius 1 is 1.12 bits per heavy atom. The molecule has 1 aliphatic heterocycles. The van der Waals surface area contributed by atoms with Crippen molar-refractivity contribution >= 4 is 23.4 Å². The van der Waals surface area contributed by atoms with Gasteiger partial charge in [-0.2, -0.15) is 0 Å². The summed E-state index contributed by atoms with van der Waals surface area (Å²) in [6.45, 7) is 1.80. The second-order valence-corrected chi connectivity index (χ2v) is 5.95. The Morgan fingerprint density at radius 3 is 2.58 bits per heavy atom. The molecular weight excluding hydrogens is 339 g/mol. The molecule has 26 heavy (non-hydrogen) atoms. The molecule has 0 spiro atoms. The number of nitrogens with one attached hydrogen (secondary N) is 1. The van der Waals surface area contributed by atoms with E-state index in [2.05, 4.69) is 5.32 Å². The van der Waals surface area contributed by atoms with Crippen molar-refractivity contribution in [1.82, 2.24) is 4.90 Å². The number of nitrogens with zero attached hydrogens (tertiary/aromatic N) is 1. The largest absolute Gasteiger partial charge is 0.494 e. The lowest BCUT2D eigenvalue weighted by molar-refractivity contribution is -0.116. The van der Waals surface area contributed by atoms with Crippen molar-refractivity contribution in [1.29, 1.82) is 0 Å². The van der Waals surface area contributed by atoms with Crippen molar-refractivity contribution in [2.75, 3.05) is 19.0 Å². The third-order valence-corrected chi connectivity index (χ3v) is 4.13. The highest BCUT2D eigenvalue weighted by Crippen LogP contribution is 2.26. The fourth-order valence-electron chi connectivity index (χ4n) is 2.80. The molecule has 0 bridgehead atoms. The fraction of sp³-hybridized carbons (Fsp3) is 0.211. The molecule has 134 valence electrons. The Balaban J connectivity index is 1.66. The number of imide groups is 1. The highest BCUT2D eigenvalue weighted by molar-refractivity contribution is 6.21. The summed E-state index contributed by atoms with van der Waals surface area (Å²) in [6.07, 6.45) is -0.0784. The maximum Gasteiger partial charge on any atom is 0.261 e. The Morgan fingerprint density at radius 2 is 1.85 bits per heavy atom. The first kappa shape index (κ1) is 17.6. The lowest BCUT2D eigenvalue weighted by atomic mass is 10.1. The maximum absolute atomic E-state index is 13.2. The molecule has 0 atom stereocenters. The number of carbonyl (C=O) groups excluding carboxylic acids is 3. The predicted octanol–water partition coefficient (Wildman–Crippen LogP) is 2.77. The Kier molecular flexibility index (Phi) is 4.71. The molecule has 2 aromatic rings. The van der Waals surface area contributed by atoms with E-state index in [-0.39, 0.29) is 18.7 Å². The van der Waals surface area contributed by atoms with Crippen molar-refractivity contribution in [2.24, 2.45) is 0 Å². The summed E-state index contributed by atoms with van der Waals surface area (Å²) in [5.74, 6) is -1.52. The van der Waals surface area contributed by atoms with Crippen LogP contribution < -0.4 is 10.1 Å². The molecule has 1 heterocycles. The van der Waals surface area contributed by atoms with Gasteiger partial charge < -0.3 is 10.1 Å². The van der Waals surface area contributed by atoms with Crippen LogP contribution in [0.2, 0.25) is 0 Å². The van der Waals surface area contributed by atoms with E-state index in [0.29, 0.717) is 16.8 Å². The third-order valence-electron chi connectivity index (χ3n) is 4.13. The minimum Gasteiger partial charge on any atom is -0.494 e. The number of aryl methyl sites for hydroxylation is 1. The molecule has 0 unspecified atom stereocenters. The van der Waals surface area contributed by atoms with Crippen molar-refractivity contribution in [3.63, 3.8) is 0 Å². The van der Waals surface area contributed by atoms with Gasteiger partial charge in [0.25, 0.3) is 11.8 Å². The summed E-state index contributed by atoms with van der Waals surface area (Å²) in [5, 5.41) is 2.59. The van der Waals surface area contributed by atoms with Crippen molar-refractivity contribution in [3.8, 4) is 5.75 Å². The highest BCUT2D eigenvalue weighted by atomic mass is 19.1. The van der Waals surface area contributed by atoms with E-state index in [4.69, 9.17) is 4.74 Å². The van der Waals surface area contributed by atoms with Gasteiger partial charge in [-0.15, -0.1) is 0 Å². The van der Waals surface area contributed by atoms with Gasteiger partial charge in [0.1, 0.15) is 11.6 Å². The van der Waals surface area contributed by atoms with Crippen LogP contribution in [-0.2, 0) is 4.79 Å². The molecule has 1 N–H and O–H groups in total. The fourth-order valence-corrected chi connectivity index (χ4v) is 2.80. The van der Waals surface area contributed by atoms with Crippen LogP contribution >= 0.6 is 0 Å². The minimum absolute atomic E-state index is 0.0409. The van der Waals surface area contributed by atoms with Crippen LogP contribution in [0.4, 0.5) is 10.1 Å². The van der Waals surface area contributed by atoms with Gasteiger partial charge in [0.2, 0.25) is 5.91 Å². The molecule has 6 nitrogen and oxygen atoms in total. The van der Waals surface area contributed by atoms with Gasteiger partial charge in [-0.3, -0.25) is 19.3 Å². The van der Waals surface area contributed by atoms with Gasteiger partial charge in [-0.25, -0.2) is 4.39 Å². The summed E-state index contributed by atoms with van der Waals surface area (Å²) in [7, 11) is 1.37. The lowest BCUT2D eigenvalue weighted by Crippen LogP contribution is -2.32. The quantitative estimate of drug-likeness (QED) is 0.836. The molecule has 0 aromatic heterocycles. The molecule has 0 saturated heterocycles. The van der Waals surface area contributed by atoms with Crippen LogP contribution in [0, 0.1) is 12.7 Å². The second-order valence-electron chi connectivity index (χ2n) is 5.95. The van der Waals surface area contributed by atoms with Crippen LogP contribution in [0.25, 0.3) is 0 Å². The SMILES string of the molecule is COc1cc(F)ccc1NC(=O)CCN1C(=O)c2ccc(C)cc2C1=O. The second kappa shape index (κ2) is 6.95.